The molecule has 0 bridgehead atoms. The Morgan fingerprint density at radius 2 is 1.50 bits per heavy atom. The van der Waals surface area contributed by atoms with Crippen LogP contribution in [-0.4, -0.2) is 22.6 Å². The van der Waals surface area contributed by atoms with E-state index in [1.807, 2.05) is 23.5 Å². The lowest BCUT2D eigenvalue weighted by molar-refractivity contribution is 0.561. The van der Waals surface area contributed by atoms with E-state index in [2.05, 4.69) is 102 Å². The van der Waals surface area contributed by atoms with Crippen molar-refractivity contribution in [3.8, 4) is 0 Å². The number of anilines is 2. The predicted molar refractivity (Wildman–Crippen MR) is 146 cm³/mol. The molecule has 2 aliphatic rings. The topological polar surface area (TPSA) is 24.1 Å². The van der Waals surface area contributed by atoms with Crippen LogP contribution in [0, 0.1) is 5.92 Å². The highest BCUT2D eigenvalue weighted by Gasteiger charge is 2.30. The van der Waals surface area contributed by atoms with Crippen molar-refractivity contribution in [2.45, 2.75) is 82.2 Å². The number of hydrogen-bond donors (Lipinski definition) is 2. The Bertz CT molecular complexity index is 1050. The fourth-order valence-electron chi connectivity index (χ4n) is 4.72. The third-order valence-electron chi connectivity index (χ3n) is 6.10. The highest BCUT2D eigenvalue weighted by atomic mass is 32.2. The van der Waals surface area contributed by atoms with Crippen molar-refractivity contribution in [1.82, 2.24) is 0 Å². The van der Waals surface area contributed by atoms with Crippen molar-refractivity contribution in [3.05, 3.63) is 52.6 Å². The Balaban J connectivity index is 1.79. The number of thioether (sulfide) groups is 2. The zero-order valence-electron chi connectivity index (χ0n) is 20.8. The molecule has 2 nitrogen and oxygen atoms in total. The second-order valence-electron chi connectivity index (χ2n) is 11.3. The number of hydrogen-bond acceptors (Lipinski definition) is 4. The molecule has 2 N–H and O–H groups in total. The second kappa shape index (κ2) is 8.68. The molecular weight excluding hydrogens is 428 g/mol. The third-order valence-corrected chi connectivity index (χ3v) is 9.12. The van der Waals surface area contributed by atoms with Crippen LogP contribution in [0.2, 0.25) is 0 Å². The van der Waals surface area contributed by atoms with E-state index in [1.165, 1.54) is 43.4 Å². The zero-order valence-corrected chi connectivity index (χ0v) is 22.5. The van der Waals surface area contributed by atoms with Crippen molar-refractivity contribution in [2.75, 3.05) is 22.1 Å². The van der Waals surface area contributed by atoms with E-state index in [0.717, 1.165) is 11.5 Å². The molecule has 2 aromatic carbocycles. The van der Waals surface area contributed by atoms with Gasteiger partial charge in [0.15, 0.2) is 0 Å². The molecule has 172 valence electrons. The Hall–Kier alpha value is -1.52. The lowest BCUT2D eigenvalue weighted by atomic mass is 9.81. The molecule has 4 heteroatoms. The van der Waals surface area contributed by atoms with Gasteiger partial charge in [0.05, 0.1) is 5.69 Å². The number of allylic oxidation sites excluding steroid dienone is 1. The average Bonchev–Trinajstić information content (AvgIpc) is 2.67. The van der Waals surface area contributed by atoms with Gasteiger partial charge in [0, 0.05) is 44.0 Å². The minimum atomic E-state index is 0.108. The molecule has 0 saturated carbocycles. The van der Waals surface area contributed by atoms with Crippen LogP contribution >= 0.6 is 23.5 Å². The molecule has 0 radical (unpaired) electrons. The SMILES string of the molecule is CC(C)=Cc1cc(C(c2ccc3c(c2)SCC(C)(C)N3)C(C)C)cc2c1NC(C)(C)CS2. The van der Waals surface area contributed by atoms with E-state index in [1.54, 1.807) is 0 Å². The Kier molecular flexibility index (Phi) is 6.41. The van der Waals surface area contributed by atoms with Crippen LogP contribution in [0.3, 0.4) is 0 Å². The molecule has 32 heavy (non-hydrogen) atoms. The first-order valence-electron chi connectivity index (χ1n) is 11.7. The minimum Gasteiger partial charge on any atom is -0.378 e. The Labute approximate surface area is 203 Å². The largest absolute Gasteiger partial charge is 0.378 e. The molecule has 0 fully saturated rings. The van der Waals surface area contributed by atoms with Gasteiger partial charge in [-0.2, -0.15) is 0 Å². The summed E-state index contributed by atoms with van der Waals surface area (Å²) in [5.74, 6) is 3.07. The average molecular weight is 467 g/mol. The summed E-state index contributed by atoms with van der Waals surface area (Å²) in [6.45, 7) is 18.2. The summed E-state index contributed by atoms with van der Waals surface area (Å²) in [5.41, 5.74) is 8.32. The minimum absolute atomic E-state index is 0.108. The quantitative estimate of drug-likeness (QED) is 0.472. The first-order chi connectivity index (χ1) is 14.9. The number of rotatable bonds is 4. The third kappa shape index (κ3) is 5.02. The van der Waals surface area contributed by atoms with Gasteiger partial charge in [-0.05, 0) is 88.4 Å². The van der Waals surface area contributed by atoms with Crippen LogP contribution in [0.4, 0.5) is 11.4 Å². The van der Waals surface area contributed by atoms with Crippen LogP contribution in [0.5, 0.6) is 0 Å². The smallest absolute Gasteiger partial charge is 0.0556 e. The summed E-state index contributed by atoms with van der Waals surface area (Å²) >= 11 is 3.97. The summed E-state index contributed by atoms with van der Waals surface area (Å²) in [4.78, 5) is 2.77. The maximum atomic E-state index is 3.82. The molecule has 0 aliphatic carbocycles. The first kappa shape index (κ1) is 23.6. The molecule has 0 aromatic heterocycles. The molecule has 2 aromatic rings. The highest BCUT2D eigenvalue weighted by Crippen LogP contribution is 2.45. The maximum Gasteiger partial charge on any atom is 0.0556 e. The van der Waals surface area contributed by atoms with Crippen LogP contribution in [0.15, 0.2) is 45.7 Å². The summed E-state index contributed by atoms with van der Waals surface area (Å²) in [6, 6.07) is 11.9. The van der Waals surface area contributed by atoms with Gasteiger partial charge in [-0.1, -0.05) is 31.6 Å². The van der Waals surface area contributed by atoms with Crippen molar-refractivity contribution < 1.29 is 0 Å². The number of fused-ring (bicyclic) bond motifs is 2. The zero-order chi connectivity index (χ0) is 23.3. The van der Waals surface area contributed by atoms with Crippen molar-refractivity contribution in [2.24, 2.45) is 5.92 Å². The van der Waals surface area contributed by atoms with Gasteiger partial charge in [-0.15, -0.1) is 23.5 Å². The molecule has 2 aliphatic heterocycles. The Morgan fingerprint density at radius 1 is 0.875 bits per heavy atom. The van der Waals surface area contributed by atoms with Crippen molar-refractivity contribution in [3.63, 3.8) is 0 Å². The van der Waals surface area contributed by atoms with Gasteiger partial charge < -0.3 is 10.6 Å². The number of benzene rings is 2. The van der Waals surface area contributed by atoms with Crippen LogP contribution in [0.25, 0.3) is 6.08 Å². The van der Waals surface area contributed by atoms with Gasteiger partial charge in [0.1, 0.15) is 0 Å². The second-order valence-corrected chi connectivity index (χ2v) is 13.3. The monoisotopic (exact) mass is 466 g/mol. The van der Waals surface area contributed by atoms with Gasteiger partial charge in [-0.3, -0.25) is 0 Å². The normalized spacial score (nSPS) is 19.3. The van der Waals surface area contributed by atoms with Gasteiger partial charge in [-0.25, -0.2) is 0 Å². The summed E-state index contributed by atoms with van der Waals surface area (Å²) in [5, 5.41) is 7.53. The molecule has 1 atom stereocenters. The van der Waals surface area contributed by atoms with Crippen LogP contribution in [-0.2, 0) is 0 Å². The summed E-state index contributed by atoms with van der Waals surface area (Å²) < 4.78 is 0. The fourth-order valence-corrected chi connectivity index (χ4v) is 6.92. The summed E-state index contributed by atoms with van der Waals surface area (Å²) in [6.07, 6.45) is 2.34. The van der Waals surface area contributed by atoms with Gasteiger partial charge >= 0.3 is 0 Å². The predicted octanol–water partition coefficient (Wildman–Crippen LogP) is 8.49. The van der Waals surface area contributed by atoms with Gasteiger partial charge in [0.2, 0.25) is 0 Å². The van der Waals surface area contributed by atoms with Crippen molar-refractivity contribution >= 4 is 41.0 Å². The highest BCUT2D eigenvalue weighted by molar-refractivity contribution is 7.99. The van der Waals surface area contributed by atoms with E-state index in [4.69, 9.17) is 0 Å². The molecule has 0 amide bonds. The molecular formula is C28H38N2S2. The van der Waals surface area contributed by atoms with E-state index in [9.17, 15) is 0 Å². The molecule has 0 spiro atoms. The van der Waals surface area contributed by atoms with Gasteiger partial charge in [0.25, 0.3) is 0 Å². The van der Waals surface area contributed by atoms with Crippen molar-refractivity contribution in [1.29, 1.82) is 0 Å². The maximum absolute atomic E-state index is 3.82. The number of nitrogens with one attached hydrogen (secondary N) is 2. The van der Waals surface area contributed by atoms with E-state index >= 15 is 0 Å². The van der Waals surface area contributed by atoms with E-state index < -0.39 is 0 Å². The lowest BCUT2D eigenvalue weighted by Gasteiger charge is -2.36. The molecule has 0 saturated heterocycles. The van der Waals surface area contributed by atoms with Crippen LogP contribution < -0.4 is 10.6 Å². The molecule has 2 heterocycles. The Morgan fingerprint density at radius 3 is 2.16 bits per heavy atom. The van der Waals surface area contributed by atoms with E-state index in [0.29, 0.717) is 11.8 Å². The molecule has 1 unspecified atom stereocenters. The first-order valence-corrected chi connectivity index (χ1v) is 13.7. The van der Waals surface area contributed by atoms with E-state index in [-0.39, 0.29) is 11.1 Å². The standard InChI is InChI=1S/C28H38N2S2/c1-17(2)11-21-12-20(14-24-26(21)30-28(7,8)16-32-24)25(18(3)4)19-9-10-22-23(13-19)31-15-27(5,6)29-22/h9-14,18,25,29-30H,15-16H2,1-8H3. The lowest BCUT2D eigenvalue weighted by Crippen LogP contribution is -2.36. The van der Waals surface area contributed by atoms with Crippen LogP contribution in [0.1, 0.15) is 78.0 Å². The fraction of sp³-hybridized carbons (Fsp3) is 0.500. The molecule has 4 rings (SSSR count). The summed E-state index contributed by atoms with van der Waals surface area (Å²) in [7, 11) is 0.